The van der Waals surface area contributed by atoms with Gasteiger partial charge in [-0.05, 0) is 31.5 Å². The number of hydrogen-bond donors (Lipinski definition) is 2. The van der Waals surface area contributed by atoms with Crippen LogP contribution < -0.4 is 10.1 Å². The van der Waals surface area contributed by atoms with E-state index in [9.17, 15) is 9.59 Å². The molecule has 0 atom stereocenters. The molecule has 0 saturated carbocycles. The zero-order valence-corrected chi connectivity index (χ0v) is 18.2. The number of carbonyl (C=O) groups excluding carboxylic acids is 1. The van der Waals surface area contributed by atoms with Gasteiger partial charge < -0.3 is 15.2 Å². The van der Waals surface area contributed by atoms with Crippen molar-refractivity contribution in [3.8, 4) is 16.9 Å². The van der Waals surface area contributed by atoms with Crippen LogP contribution in [0.25, 0.3) is 11.1 Å². The first-order chi connectivity index (χ1) is 15.9. The minimum atomic E-state index is -1.14. The molecule has 0 radical (unpaired) electrons. The van der Waals surface area contributed by atoms with Gasteiger partial charge in [0.1, 0.15) is 12.3 Å². The molecule has 2 aromatic carbocycles. The number of aromatic carboxylic acids is 1. The fraction of sp³-hybridized carbons (Fsp3) is 0.167. The monoisotopic (exact) mass is 445 g/mol. The average Bonchev–Trinajstić information content (AvgIpc) is 3.38. The van der Waals surface area contributed by atoms with Crippen LogP contribution in [0, 0.1) is 13.8 Å². The fourth-order valence-corrected chi connectivity index (χ4v) is 3.47. The molecule has 1 amide bonds. The van der Waals surface area contributed by atoms with Crippen molar-refractivity contribution in [2.24, 2.45) is 0 Å². The van der Waals surface area contributed by atoms with E-state index < -0.39 is 5.97 Å². The van der Waals surface area contributed by atoms with Crippen LogP contribution in [-0.4, -0.2) is 36.5 Å². The number of benzene rings is 2. The van der Waals surface area contributed by atoms with Crippen LogP contribution in [0.4, 0.5) is 5.69 Å². The molecule has 33 heavy (non-hydrogen) atoms. The van der Waals surface area contributed by atoms with E-state index >= 15 is 0 Å². The Morgan fingerprint density at radius 1 is 1.00 bits per heavy atom. The van der Waals surface area contributed by atoms with E-state index in [-0.39, 0.29) is 24.9 Å². The molecule has 0 fully saturated rings. The summed E-state index contributed by atoms with van der Waals surface area (Å²) in [7, 11) is 0. The number of nitrogens with zero attached hydrogens (tertiary/aromatic N) is 4. The lowest BCUT2D eigenvalue weighted by atomic mass is 10.1. The highest BCUT2D eigenvalue weighted by molar-refractivity contribution is 5.92. The molecule has 2 heterocycles. The topological polar surface area (TPSA) is 111 Å². The van der Waals surface area contributed by atoms with E-state index in [0.717, 1.165) is 22.6 Å². The number of amides is 1. The summed E-state index contributed by atoms with van der Waals surface area (Å²) in [6.45, 7) is 3.71. The van der Waals surface area contributed by atoms with Crippen LogP contribution in [0.5, 0.6) is 5.75 Å². The maximum atomic E-state index is 12.5. The van der Waals surface area contributed by atoms with Gasteiger partial charge in [-0.1, -0.05) is 48.5 Å². The van der Waals surface area contributed by atoms with Gasteiger partial charge in [0.25, 0.3) is 0 Å². The molecule has 0 aliphatic rings. The Hall–Kier alpha value is -4.40. The standard InChI is InChI=1S/C24H23N5O4/c1-16-23(25-22(30)14-28-13-12-20(27-28)24(31)32)17(2)29(26-16)15-33-21-11-7-6-10-19(21)18-8-4-3-5-9-18/h3-13H,14-15H2,1-2H3,(H,25,30)(H,31,32). The summed E-state index contributed by atoms with van der Waals surface area (Å²) < 4.78 is 9.03. The van der Waals surface area contributed by atoms with Gasteiger partial charge in [0.15, 0.2) is 12.4 Å². The Morgan fingerprint density at radius 2 is 1.73 bits per heavy atom. The fourth-order valence-electron chi connectivity index (χ4n) is 3.47. The first-order valence-corrected chi connectivity index (χ1v) is 10.3. The van der Waals surface area contributed by atoms with Crippen LogP contribution >= 0.6 is 0 Å². The van der Waals surface area contributed by atoms with Gasteiger partial charge in [0, 0.05) is 11.8 Å². The van der Waals surface area contributed by atoms with Crippen molar-refractivity contribution in [3.63, 3.8) is 0 Å². The Labute approximate surface area is 190 Å². The van der Waals surface area contributed by atoms with Gasteiger partial charge in [0.05, 0.1) is 17.1 Å². The van der Waals surface area contributed by atoms with Crippen molar-refractivity contribution in [3.05, 3.63) is 83.9 Å². The van der Waals surface area contributed by atoms with E-state index in [2.05, 4.69) is 15.5 Å². The molecule has 168 valence electrons. The summed E-state index contributed by atoms with van der Waals surface area (Å²) in [4.78, 5) is 23.4. The molecule has 0 saturated heterocycles. The normalized spacial score (nSPS) is 10.7. The molecular weight excluding hydrogens is 422 g/mol. The first-order valence-electron chi connectivity index (χ1n) is 10.3. The number of anilines is 1. The predicted octanol–water partition coefficient (Wildman–Crippen LogP) is 3.74. The first kappa shape index (κ1) is 21.8. The number of hydrogen-bond acceptors (Lipinski definition) is 5. The number of aromatic nitrogens is 4. The molecule has 2 N–H and O–H groups in total. The predicted molar refractivity (Wildman–Crippen MR) is 122 cm³/mol. The summed E-state index contributed by atoms with van der Waals surface area (Å²) in [6, 6.07) is 19.1. The van der Waals surface area contributed by atoms with Gasteiger partial charge in [-0.25, -0.2) is 9.48 Å². The summed E-state index contributed by atoms with van der Waals surface area (Å²) in [5.41, 5.74) is 3.89. The quantitative estimate of drug-likeness (QED) is 0.427. The second kappa shape index (κ2) is 9.39. The number of ether oxygens (including phenoxy) is 1. The van der Waals surface area contributed by atoms with Gasteiger partial charge in [-0.3, -0.25) is 9.48 Å². The van der Waals surface area contributed by atoms with Gasteiger partial charge >= 0.3 is 5.97 Å². The zero-order chi connectivity index (χ0) is 23.4. The van der Waals surface area contributed by atoms with E-state index in [0.29, 0.717) is 11.4 Å². The zero-order valence-electron chi connectivity index (χ0n) is 18.2. The highest BCUT2D eigenvalue weighted by Gasteiger charge is 2.16. The molecule has 0 unspecified atom stereocenters. The van der Waals surface area contributed by atoms with E-state index in [1.807, 2.05) is 61.5 Å². The van der Waals surface area contributed by atoms with Crippen LogP contribution in [-0.2, 0) is 18.1 Å². The lowest BCUT2D eigenvalue weighted by Crippen LogP contribution is -2.20. The van der Waals surface area contributed by atoms with Crippen LogP contribution in [0.15, 0.2) is 66.9 Å². The number of aryl methyl sites for hydroxylation is 1. The van der Waals surface area contributed by atoms with Crippen molar-refractivity contribution < 1.29 is 19.4 Å². The number of carboxylic acid groups (broad SMARTS) is 1. The van der Waals surface area contributed by atoms with Crippen LogP contribution in [0.1, 0.15) is 21.9 Å². The van der Waals surface area contributed by atoms with Crippen molar-refractivity contribution >= 4 is 17.6 Å². The summed E-state index contributed by atoms with van der Waals surface area (Å²) in [5.74, 6) is -0.748. The van der Waals surface area contributed by atoms with Crippen molar-refractivity contribution in [1.82, 2.24) is 19.6 Å². The molecule has 2 aromatic heterocycles. The lowest BCUT2D eigenvalue weighted by Gasteiger charge is -2.13. The Balaban J connectivity index is 1.45. The Kier molecular flexibility index (Phi) is 6.21. The summed E-state index contributed by atoms with van der Waals surface area (Å²) in [5, 5.41) is 20.1. The maximum absolute atomic E-state index is 12.5. The third-order valence-electron chi connectivity index (χ3n) is 5.13. The molecule has 0 spiro atoms. The summed E-state index contributed by atoms with van der Waals surface area (Å²) >= 11 is 0. The van der Waals surface area contributed by atoms with Crippen molar-refractivity contribution in [2.45, 2.75) is 27.1 Å². The molecule has 4 aromatic rings. The summed E-state index contributed by atoms with van der Waals surface area (Å²) in [6.07, 6.45) is 1.45. The van der Waals surface area contributed by atoms with E-state index in [1.54, 1.807) is 11.6 Å². The molecule has 9 nitrogen and oxygen atoms in total. The highest BCUT2D eigenvalue weighted by Crippen LogP contribution is 2.30. The number of para-hydroxylation sites is 1. The molecule has 4 rings (SSSR count). The van der Waals surface area contributed by atoms with E-state index in [1.165, 1.54) is 16.9 Å². The average molecular weight is 445 g/mol. The minimum absolute atomic E-state index is 0.113. The van der Waals surface area contributed by atoms with Gasteiger partial charge in [0.2, 0.25) is 5.91 Å². The number of nitrogens with one attached hydrogen (secondary N) is 1. The molecule has 0 bridgehead atoms. The molecule has 9 heteroatoms. The Bertz CT molecular complexity index is 1290. The molecule has 0 aliphatic carbocycles. The maximum Gasteiger partial charge on any atom is 0.356 e. The minimum Gasteiger partial charge on any atom is -0.476 e. The van der Waals surface area contributed by atoms with Crippen molar-refractivity contribution in [1.29, 1.82) is 0 Å². The number of carbonyl (C=O) groups is 2. The second-order valence-electron chi connectivity index (χ2n) is 7.43. The van der Waals surface area contributed by atoms with E-state index in [4.69, 9.17) is 9.84 Å². The van der Waals surface area contributed by atoms with Gasteiger partial charge in [-0.2, -0.15) is 10.2 Å². The van der Waals surface area contributed by atoms with Crippen molar-refractivity contribution in [2.75, 3.05) is 5.32 Å². The lowest BCUT2D eigenvalue weighted by molar-refractivity contribution is -0.116. The third kappa shape index (κ3) is 4.93. The highest BCUT2D eigenvalue weighted by atomic mass is 16.5. The largest absolute Gasteiger partial charge is 0.476 e. The van der Waals surface area contributed by atoms with Crippen LogP contribution in [0.2, 0.25) is 0 Å². The smallest absolute Gasteiger partial charge is 0.356 e. The van der Waals surface area contributed by atoms with Gasteiger partial charge in [-0.15, -0.1) is 0 Å². The SMILES string of the molecule is Cc1nn(COc2ccccc2-c2ccccc2)c(C)c1NC(=O)Cn1ccc(C(=O)O)n1. The number of rotatable bonds is 8. The van der Waals surface area contributed by atoms with Crippen LogP contribution in [0.3, 0.4) is 0 Å². The Morgan fingerprint density at radius 3 is 2.45 bits per heavy atom. The molecule has 0 aliphatic heterocycles. The molecular formula is C24H23N5O4. The number of carboxylic acids is 1. The second-order valence-corrected chi connectivity index (χ2v) is 7.43. The third-order valence-corrected chi connectivity index (χ3v) is 5.13.